The molecule has 0 aliphatic carbocycles. The Labute approximate surface area is 182 Å². The summed E-state index contributed by atoms with van der Waals surface area (Å²) in [5.41, 5.74) is 4.62. The van der Waals surface area contributed by atoms with Gasteiger partial charge in [-0.2, -0.15) is 10.2 Å². The Morgan fingerprint density at radius 2 is 2.06 bits per heavy atom. The number of aromatic amines is 1. The molecule has 5 heterocycles. The van der Waals surface area contributed by atoms with Gasteiger partial charge in [-0.05, 0) is 43.5 Å². The maximum atomic E-state index is 13.2. The smallest absolute Gasteiger partial charge is 0.257 e. The number of thiophene rings is 1. The van der Waals surface area contributed by atoms with Gasteiger partial charge >= 0.3 is 0 Å². The number of aryl methyl sites for hydroxylation is 1. The predicted molar refractivity (Wildman–Crippen MR) is 120 cm³/mol. The van der Waals surface area contributed by atoms with Crippen LogP contribution in [0, 0.1) is 13.8 Å². The van der Waals surface area contributed by atoms with Crippen molar-refractivity contribution in [2.24, 2.45) is 0 Å². The van der Waals surface area contributed by atoms with Gasteiger partial charge in [0.05, 0.1) is 29.4 Å². The summed E-state index contributed by atoms with van der Waals surface area (Å²) in [6, 6.07) is 9.63. The Bertz CT molecular complexity index is 1370. The van der Waals surface area contributed by atoms with Crippen LogP contribution in [-0.2, 0) is 6.54 Å². The molecule has 0 aliphatic heterocycles. The number of H-pyrrole nitrogens is 1. The molecule has 5 aromatic rings. The summed E-state index contributed by atoms with van der Waals surface area (Å²) < 4.78 is 1.83. The van der Waals surface area contributed by atoms with Gasteiger partial charge in [-0.15, -0.1) is 11.3 Å². The number of amides is 1. The summed E-state index contributed by atoms with van der Waals surface area (Å²) in [6.07, 6.45) is 5.14. The second-order valence-electron chi connectivity index (χ2n) is 7.19. The van der Waals surface area contributed by atoms with Crippen LogP contribution in [0.3, 0.4) is 0 Å². The van der Waals surface area contributed by atoms with Crippen LogP contribution in [0.2, 0.25) is 0 Å². The largest absolute Gasteiger partial charge is 0.305 e. The molecule has 0 saturated heterocycles. The quantitative estimate of drug-likeness (QED) is 0.436. The van der Waals surface area contributed by atoms with Crippen LogP contribution in [0.4, 0.5) is 5.82 Å². The topological polar surface area (TPSA) is 101 Å². The zero-order valence-corrected chi connectivity index (χ0v) is 17.8. The Balaban J connectivity index is 1.47. The number of fused-ring (bicyclic) bond motifs is 1. The van der Waals surface area contributed by atoms with Crippen molar-refractivity contribution in [2.45, 2.75) is 20.4 Å². The van der Waals surface area contributed by atoms with Gasteiger partial charge in [0.1, 0.15) is 0 Å². The molecule has 0 radical (unpaired) electrons. The van der Waals surface area contributed by atoms with Crippen LogP contribution in [-0.4, -0.2) is 35.9 Å². The van der Waals surface area contributed by atoms with E-state index in [1.807, 2.05) is 42.1 Å². The Kier molecular flexibility index (Phi) is 4.79. The first kappa shape index (κ1) is 19.1. The van der Waals surface area contributed by atoms with E-state index in [2.05, 4.69) is 36.6 Å². The van der Waals surface area contributed by atoms with Crippen molar-refractivity contribution in [1.29, 1.82) is 0 Å². The van der Waals surface area contributed by atoms with Crippen LogP contribution in [0.25, 0.3) is 22.3 Å². The third kappa shape index (κ3) is 3.59. The number of pyridine rings is 2. The molecule has 0 aromatic carbocycles. The lowest BCUT2D eigenvalue weighted by Crippen LogP contribution is -2.14. The maximum Gasteiger partial charge on any atom is 0.257 e. The number of aromatic nitrogens is 6. The highest BCUT2D eigenvalue weighted by Gasteiger charge is 2.19. The van der Waals surface area contributed by atoms with Crippen molar-refractivity contribution in [2.75, 3.05) is 5.32 Å². The zero-order chi connectivity index (χ0) is 21.4. The third-order valence-corrected chi connectivity index (χ3v) is 5.94. The highest BCUT2D eigenvalue weighted by atomic mass is 32.1. The van der Waals surface area contributed by atoms with E-state index in [0.29, 0.717) is 29.0 Å². The highest BCUT2D eigenvalue weighted by molar-refractivity contribution is 7.09. The molecule has 2 N–H and O–H groups in total. The van der Waals surface area contributed by atoms with Gasteiger partial charge in [0.15, 0.2) is 11.5 Å². The average Bonchev–Trinajstić information content (AvgIpc) is 3.51. The van der Waals surface area contributed by atoms with Crippen LogP contribution < -0.4 is 5.32 Å². The molecule has 0 unspecified atom stereocenters. The summed E-state index contributed by atoms with van der Waals surface area (Å²) in [5, 5.41) is 17.5. The zero-order valence-electron chi connectivity index (χ0n) is 17.0. The van der Waals surface area contributed by atoms with Gasteiger partial charge in [0.25, 0.3) is 5.91 Å². The van der Waals surface area contributed by atoms with Crippen molar-refractivity contribution in [3.8, 4) is 11.3 Å². The SMILES string of the molecule is Cc1cc(C(=O)Nc2n[nH]c(-c3ccncc3)c2C)c2cnn(Cc3cccs3)c2n1. The fraction of sp³-hybridized carbons (Fsp3) is 0.136. The number of carbonyl (C=O) groups excluding carboxylic acids is 1. The lowest BCUT2D eigenvalue weighted by Gasteiger charge is -2.07. The fourth-order valence-corrected chi connectivity index (χ4v) is 4.21. The van der Waals surface area contributed by atoms with E-state index in [1.165, 1.54) is 4.88 Å². The van der Waals surface area contributed by atoms with Crippen molar-refractivity contribution in [1.82, 2.24) is 29.9 Å². The van der Waals surface area contributed by atoms with E-state index >= 15 is 0 Å². The molecule has 5 aromatic heterocycles. The molecule has 0 spiro atoms. The minimum absolute atomic E-state index is 0.248. The minimum atomic E-state index is -0.248. The van der Waals surface area contributed by atoms with Crippen molar-refractivity contribution < 1.29 is 4.79 Å². The molecule has 31 heavy (non-hydrogen) atoms. The van der Waals surface area contributed by atoms with Crippen molar-refractivity contribution >= 4 is 34.1 Å². The van der Waals surface area contributed by atoms with Crippen molar-refractivity contribution in [3.63, 3.8) is 0 Å². The second-order valence-corrected chi connectivity index (χ2v) is 8.22. The second kappa shape index (κ2) is 7.77. The summed E-state index contributed by atoms with van der Waals surface area (Å²) >= 11 is 1.66. The van der Waals surface area contributed by atoms with E-state index in [1.54, 1.807) is 36.0 Å². The first-order valence-corrected chi connectivity index (χ1v) is 10.6. The summed E-state index contributed by atoms with van der Waals surface area (Å²) in [7, 11) is 0. The van der Waals surface area contributed by atoms with Gasteiger partial charge in [-0.1, -0.05) is 6.07 Å². The minimum Gasteiger partial charge on any atom is -0.305 e. The average molecular weight is 430 g/mol. The molecule has 154 valence electrons. The molecule has 0 bridgehead atoms. The molecule has 8 nitrogen and oxygen atoms in total. The number of hydrogen-bond donors (Lipinski definition) is 2. The molecular formula is C22H19N7OS. The molecular weight excluding hydrogens is 410 g/mol. The van der Waals surface area contributed by atoms with Crippen LogP contribution in [0.1, 0.15) is 26.5 Å². The van der Waals surface area contributed by atoms with E-state index in [4.69, 9.17) is 0 Å². The van der Waals surface area contributed by atoms with Gasteiger partial charge in [0, 0.05) is 34.1 Å². The van der Waals surface area contributed by atoms with E-state index < -0.39 is 0 Å². The third-order valence-electron chi connectivity index (χ3n) is 5.08. The number of rotatable bonds is 5. The molecule has 0 fully saturated rings. The molecule has 0 saturated carbocycles. The van der Waals surface area contributed by atoms with E-state index in [-0.39, 0.29) is 5.91 Å². The van der Waals surface area contributed by atoms with Crippen LogP contribution >= 0.6 is 11.3 Å². The maximum absolute atomic E-state index is 13.2. The number of nitrogens with zero attached hydrogens (tertiary/aromatic N) is 5. The lowest BCUT2D eigenvalue weighted by molar-refractivity contribution is 0.102. The van der Waals surface area contributed by atoms with E-state index in [9.17, 15) is 4.79 Å². The molecule has 1 amide bonds. The molecule has 0 atom stereocenters. The van der Waals surface area contributed by atoms with E-state index in [0.717, 1.165) is 22.5 Å². The first-order valence-electron chi connectivity index (χ1n) is 9.72. The normalized spacial score (nSPS) is 11.2. The Morgan fingerprint density at radius 3 is 2.84 bits per heavy atom. The first-order chi connectivity index (χ1) is 15.1. The lowest BCUT2D eigenvalue weighted by atomic mass is 10.1. The summed E-state index contributed by atoms with van der Waals surface area (Å²) in [5.74, 6) is 0.243. The van der Waals surface area contributed by atoms with Gasteiger partial charge in [-0.25, -0.2) is 9.67 Å². The summed E-state index contributed by atoms with van der Waals surface area (Å²) in [6.45, 7) is 4.41. The standard InChI is InChI=1S/C22H19N7OS/c1-13-10-17(18-11-24-29(21(18)25-13)12-16-4-3-9-31-16)22(30)26-20-14(2)19(27-28-20)15-5-7-23-8-6-15/h3-11H,12H2,1-2H3,(H2,26,27,28,30). The number of anilines is 1. The highest BCUT2D eigenvalue weighted by Crippen LogP contribution is 2.27. The fourth-order valence-electron chi connectivity index (χ4n) is 3.52. The monoisotopic (exact) mass is 429 g/mol. The van der Waals surface area contributed by atoms with Crippen LogP contribution in [0.5, 0.6) is 0 Å². The van der Waals surface area contributed by atoms with Gasteiger partial charge < -0.3 is 5.32 Å². The summed E-state index contributed by atoms with van der Waals surface area (Å²) in [4.78, 5) is 23.0. The number of hydrogen-bond acceptors (Lipinski definition) is 6. The van der Waals surface area contributed by atoms with Gasteiger partial charge in [0.2, 0.25) is 0 Å². The molecule has 9 heteroatoms. The Morgan fingerprint density at radius 1 is 1.23 bits per heavy atom. The van der Waals surface area contributed by atoms with Gasteiger partial charge in [-0.3, -0.25) is 14.9 Å². The number of nitrogens with one attached hydrogen (secondary N) is 2. The Hall–Kier alpha value is -3.85. The number of carbonyl (C=O) groups is 1. The van der Waals surface area contributed by atoms with Crippen LogP contribution in [0.15, 0.2) is 54.3 Å². The molecule has 0 aliphatic rings. The van der Waals surface area contributed by atoms with Crippen molar-refractivity contribution in [3.05, 3.63) is 76.0 Å². The molecule has 5 rings (SSSR count). The predicted octanol–water partition coefficient (Wildman–Crippen LogP) is 4.20.